The number of hydrogen-bond acceptors (Lipinski definition) is 3. The summed E-state index contributed by atoms with van der Waals surface area (Å²) in [5.74, 6) is -1.13. The highest BCUT2D eigenvalue weighted by atomic mass is 16.4. The number of pyridine rings is 1. The largest absolute Gasteiger partial charge is 0.545 e. The fourth-order valence-electron chi connectivity index (χ4n) is 2.98. The lowest BCUT2D eigenvalue weighted by Crippen LogP contribution is -2.24. The van der Waals surface area contributed by atoms with Gasteiger partial charge in [0.1, 0.15) is 0 Å². The van der Waals surface area contributed by atoms with Crippen LogP contribution in [0.5, 0.6) is 0 Å². The molecule has 0 aliphatic heterocycles. The van der Waals surface area contributed by atoms with E-state index >= 15 is 0 Å². The lowest BCUT2D eigenvalue weighted by atomic mass is 10.0. The zero-order valence-electron chi connectivity index (χ0n) is 10.6. The molecule has 1 aliphatic carbocycles. The summed E-state index contributed by atoms with van der Waals surface area (Å²) in [5.41, 5.74) is 4.66. The molecule has 0 amide bonds. The molecule has 4 rings (SSSR count). The number of rotatable bonds is 1. The van der Waals surface area contributed by atoms with Crippen molar-refractivity contribution in [3.63, 3.8) is 0 Å². The summed E-state index contributed by atoms with van der Waals surface area (Å²) < 4.78 is 0. The fraction of sp³-hybridized carbons (Fsp3) is 0.0588. The first-order chi connectivity index (χ1) is 9.75. The van der Waals surface area contributed by atoms with Crippen molar-refractivity contribution >= 4 is 16.9 Å². The molecule has 0 bridgehead atoms. The maximum Gasteiger partial charge on any atom is 0.0754 e. The van der Waals surface area contributed by atoms with Gasteiger partial charge in [-0.25, -0.2) is 4.98 Å². The summed E-state index contributed by atoms with van der Waals surface area (Å²) in [4.78, 5) is 16.2. The Bertz CT molecular complexity index is 868. The minimum atomic E-state index is -1.13. The van der Waals surface area contributed by atoms with Crippen molar-refractivity contribution < 1.29 is 9.90 Å². The van der Waals surface area contributed by atoms with Gasteiger partial charge in [0.2, 0.25) is 0 Å². The number of benzene rings is 2. The third kappa shape index (κ3) is 1.40. The van der Waals surface area contributed by atoms with Gasteiger partial charge >= 0.3 is 0 Å². The summed E-state index contributed by atoms with van der Waals surface area (Å²) in [6.45, 7) is 0. The second kappa shape index (κ2) is 3.90. The summed E-state index contributed by atoms with van der Waals surface area (Å²) >= 11 is 0. The van der Waals surface area contributed by atoms with Gasteiger partial charge in [0.15, 0.2) is 0 Å². The SMILES string of the molecule is O=C([O-])c1c2c(nc3ccccc13)-c1ccccc1C2. The van der Waals surface area contributed by atoms with E-state index in [1.807, 2.05) is 42.5 Å². The monoisotopic (exact) mass is 260 g/mol. The maximum atomic E-state index is 11.6. The molecule has 3 aromatic rings. The molecule has 0 fully saturated rings. The molecule has 2 aromatic carbocycles. The second-order valence-electron chi connectivity index (χ2n) is 4.95. The van der Waals surface area contributed by atoms with Crippen LogP contribution in [0.3, 0.4) is 0 Å². The van der Waals surface area contributed by atoms with Crippen LogP contribution >= 0.6 is 0 Å². The van der Waals surface area contributed by atoms with Crippen molar-refractivity contribution in [3.05, 3.63) is 65.2 Å². The van der Waals surface area contributed by atoms with Crippen molar-refractivity contribution in [2.75, 3.05) is 0 Å². The third-order valence-corrected chi connectivity index (χ3v) is 3.84. The fourth-order valence-corrected chi connectivity index (χ4v) is 2.98. The van der Waals surface area contributed by atoms with Crippen LogP contribution in [0.25, 0.3) is 22.2 Å². The molecule has 20 heavy (non-hydrogen) atoms. The summed E-state index contributed by atoms with van der Waals surface area (Å²) in [6, 6.07) is 15.2. The highest BCUT2D eigenvalue weighted by Crippen LogP contribution is 2.39. The standard InChI is InChI=1S/C17H11NO2/c19-17(20)15-12-7-3-4-8-14(12)18-16-11-6-2-1-5-10(11)9-13(15)16/h1-8H,9H2,(H,19,20)/p-1. The molecule has 96 valence electrons. The molecular formula is C17H10NO2-. The lowest BCUT2D eigenvalue weighted by molar-refractivity contribution is -0.254. The highest BCUT2D eigenvalue weighted by molar-refractivity contribution is 6.05. The molecule has 0 radical (unpaired) electrons. The Balaban J connectivity index is 2.15. The molecule has 1 aromatic heterocycles. The lowest BCUT2D eigenvalue weighted by Gasteiger charge is -2.13. The number of aromatic nitrogens is 1. The average molecular weight is 260 g/mol. The number of aromatic carboxylic acids is 1. The van der Waals surface area contributed by atoms with E-state index in [1.54, 1.807) is 6.07 Å². The third-order valence-electron chi connectivity index (χ3n) is 3.84. The van der Waals surface area contributed by atoms with E-state index in [4.69, 9.17) is 0 Å². The van der Waals surface area contributed by atoms with E-state index in [1.165, 1.54) is 0 Å². The van der Waals surface area contributed by atoms with Crippen LogP contribution in [0.2, 0.25) is 0 Å². The first-order valence-corrected chi connectivity index (χ1v) is 6.47. The van der Waals surface area contributed by atoms with Gasteiger partial charge < -0.3 is 9.90 Å². The van der Waals surface area contributed by atoms with Gasteiger partial charge in [-0.05, 0) is 17.2 Å². The van der Waals surface area contributed by atoms with Gasteiger partial charge in [-0.2, -0.15) is 0 Å². The van der Waals surface area contributed by atoms with Crippen molar-refractivity contribution in [3.8, 4) is 11.3 Å². The van der Waals surface area contributed by atoms with Gasteiger partial charge in [0.05, 0.1) is 17.2 Å². The van der Waals surface area contributed by atoms with Crippen LogP contribution in [-0.4, -0.2) is 11.0 Å². The van der Waals surface area contributed by atoms with Gasteiger partial charge in [0, 0.05) is 22.9 Å². The number of hydrogen-bond donors (Lipinski definition) is 0. The minimum Gasteiger partial charge on any atom is -0.545 e. The Kier molecular flexibility index (Phi) is 2.18. The van der Waals surface area contributed by atoms with Crippen molar-refractivity contribution in [1.29, 1.82) is 0 Å². The first kappa shape index (κ1) is 11.2. The Hall–Kier alpha value is -2.68. The molecule has 3 heteroatoms. The molecule has 0 unspecified atom stereocenters. The van der Waals surface area contributed by atoms with Crippen LogP contribution in [0.1, 0.15) is 21.5 Å². The number of fused-ring (bicyclic) bond motifs is 4. The normalized spacial score (nSPS) is 12.2. The number of nitrogens with zero attached hydrogens (tertiary/aromatic N) is 1. The predicted octanol–water partition coefficient (Wildman–Crippen LogP) is 2.17. The zero-order valence-corrected chi connectivity index (χ0v) is 10.6. The first-order valence-electron chi connectivity index (χ1n) is 6.47. The summed E-state index contributed by atoms with van der Waals surface area (Å²) in [5, 5.41) is 12.2. The summed E-state index contributed by atoms with van der Waals surface area (Å²) in [6.07, 6.45) is 0.604. The van der Waals surface area contributed by atoms with Gasteiger partial charge in [0.25, 0.3) is 0 Å². The zero-order chi connectivity index (χ0) is 13.7. The van der Waals surface area contributed by atoms with E-state index in [0.29, 0.717) is 17.3 Å². The van der Waals surface area contributed by atoms with Crippen LogP contribution in [0, 0.1) is 0 Å². The Morgan fingerprint density at radius 2 is 1.80 bits per heavy atom. The predicted molar refractivity (Wildman–Crippen MR) is 74.3 cm³/mol. The van der Waals surface area contributed by atoms with Gasteiger partial charge in [-0.1, -0.05) is 42.5 Å². The Labute approximate surface area is 115 Å². The molecule has 0 saturated carbocycles. The minimum absolute atomic E-state index is 0.279. The van der Waals surface area contributed by atoms with Crippen LogP contribution in [0.15, 0.2) is 48.5 Å². The number of carboxylic acid groups (broad SMARTS) is 1. The quantitative estimate of drug-likeness (QED) is 0.527. The molecule has 0 saturated heterocycles. The summed E-state index contributed by atoms with van der Waals surface area (Å²) in [7, 11) is 0. The number of para-hydroxylation sites is 1. The maximum absolute atomic E-state index is 11.6. The van der Waals surface area contributed by atoms with Crippen molar-refractivity contribution in [1.82, 2.24) is 4.98 Å². The second-order valence-corrected chi connectivity index (χ2v) is 4.95. The molecular weight excluding hydrogens is 250 g/mol. The van der Waals surface area contributed by atoms with Crippen LogP contribution in [-0.2, 0) is 6.42 Å². The average Bonchev–Trinajstić information content (AvgIpc) is 2.82. The Morgan fingerprint density at radius 1 is 1.05 bits per heavy atom. The van der Waals surface area contributed by atoms with E-state index in [-0.39, 0.29) is 5.56 Å². The molecule has 0 atom stereocenters. The van der Waals surface area contributed by atoms with Crippen LogP contribution < -0.4 is 5.11 Å². The topological polar surface area (TPSA) is 53.0 Å². The molecule has 1 heterocycles. The van der Waals surface area contributed by atoms with E-state index < -0.39 is 5.97 Å². The molecule has 3 nitrogen and oxygen atoms in total. The van der Waals surface area contributed by atoms with Gasteiger partial charge in [-0.15, -0.1) is 0 Å². The van der Waals surface area contributed by atoms with E-state index in [9.17, 15) is 9.90 Å². The molecule has 1 aliphatic rings. The van der Waals surface area contributed by atoms with Crippen LogP contribution in [0.4, 0.5) is 0 Å². The molecule has 0 N–H and O–H groups in total. The molecule has 0 spiro atoms. The number of carbonyl (C=O) groups is 1. The van der Waals surface area contributed by atoms with Crippen molar-refractivity contribution in [2.45, 2.75) is 6.42 Å². The highest BCUT2D eigenvalue weighted by Gasteiger charge is 2.24. The number of carboxylic acids is 1. The smallest absolute Gasteiger partial charge is 0.0754 e. The van der Waals surface area contributed by atoms with Crippen molar-refractivity contribution in [2.24, 2.45) is 0 Å². The van der Waals surface area contributed by atoms with E-state index in [2.05, 4.69) is 4.98 Å². The Morgan fingerprint density at radius 3 is 2.65 bits per heavy atom. The number of carbonyl (C=O) groups excluding carboxylic acids is 1. The van der Waals surface area contributed by atoms with Gasteiger partial charge in [-0.3, -0.25) is 0 Å². The van der Waals surface area contributed by atoms with E-state index in [0.717, 1.165) is 22.4 Å².